The molecule has 0 spiro atoms. The van der Waals surface area contributed by atoms with E-state index < -0.39 is 22.5 Å². The molecule has 0 radical (unpaired) electrons. The van der Waals surface area contributed by atoms with Gasteiger partial charge in [0.25, 0.3) is 10.0 Å². The summed E-state index contributed by atoms with van der Waals surface area (Å²) in [6.45, 7) is 0.656. The fourth-order valence-corrected chi connectivity index (χ4v) is 6.44. The van der Waals surface area contributed by atoms with Crippen molar-refractivity contribution in [2.45, 2.75) is 23.8 Å². The van der Waals surface area contributed by atoms with E-state index in [9.17, 15) is 18.3 Å². The fourth-order valence-electron chi connectivity index (χ4n) is 4.31. The van der Waals surface area contributed by atoms with Crippen LogP contribution in [0.15, 0.2) is 65.7 Å². The van der Waals surface area contributed by atoms with E-state index in [-0.39, 0.29) is 20.6 Å². The van der Waals surface area contributed by atoms with Gasteiger partial charge in [0.15, 0.2) is 5.82 Å². The van der Waals surface area contributed by atoms with Crippen molar-refractivity contribution in [2.75, 3.05) is 29.4 Å². The molecule has 0 unspecified atom stereocenters. The molecule has 1 aliphatic heterocycles. The number of ether oxygens (including phenoxy) is 1. The summed E-state index contributed by atoms with van der Waals surface area (Å²) in [5.41, 5.74) is 0.919. The summed E-state index contributed by atoms with van der Waals surface area (Å²) in [5, 5.41) is 22.4. The summed E-state index contributed by atoms with van der Waals surface area (Å²) in [6.07, 6.45) is 3.61. The Labute approximate surface area is 228 Å². The van der Waals surface area contributed by atoms with Gasteiger partial charge < -0.3 is 15.2 Å². The lowest BCUT2D eigenvalue weighted by atomic mass is 10.1. The number of rotatable bonds is 8. The number of carboxylic acid groups (broad SMARTS) is 1. The van der Waals surface area contributed by atoms with Gasteiger partial charge in [0.2, 0.25) is 0 Å². The van der Waals surface area contributed by atoms with Gasteiger partial charge in [-0.25, -0.2) is 8.42 Å². The summed E-state index contributed by atoms with van der Waals surface area (Å²) in [4.78, 5) is 11.4. The first kappa shape index (κ1) is 26.2. The number of hydrogen-bond acceptors (Lipinski definition) is 7. The molecule has 2 aromatic heterocycles. The van der Waals surface area contributed by atoms with Crippen molar-refractivity contribution >= 4 is 61.6 Å². The number of carbonyl (C=O) groups is 1. The highest BCUT2D eigenvalue weighted by Gasteiger charge is 2.28. The molecule has 5 rings (SSSR count). The predicted molar refractivity (Wildman–Crippen MR) is 145 cm³/mol. The van der Waals surface area contributed by atoms with Crippen molar-refractivity contribution < 1.29 is 23.1 Å². The van der Waals surface area contributed by atoms with E-state index in [0.29, 0.717) is 23.1 Å². The molecular formula is C25H23Cl2N5O5S. The first-order valence-electron chi connectivity index (χ1n) is 11.7. The average molecular weight is 576 g/mol. The van der Waals surface area contributed by atoms with E-state index in [2.05, 4.69) is 15.5 Å². The molecule has 0 atom stereocenters. The molecule has 0 aliphatic carbocycles. The van der Waals surface area contributed by atoms with Gasteiger partial charge in [0.1, 0.15) is 12.4 Å². The largest absolute Gasteiger partial charge is 0.480 e. The zero-order valence-corrected chi connectivity index (χ0v) is 22.2. The Morgan fingerprint density at radius 3 is 2.45 bits per heavy atom. The van der Waals surface area contributed by atoms with Crippen LogP contribution >= 0.6 is 23.2 Å². The standard InChI is InChI=1S/C25H23Cl2N5O5S/c26-17-12-18(27)14-21(13-17)38(35,36)32(15-25(33)34)20-1-2-22-16(11-20)5-8-31(22)24-4-3-23(29-30-24)28-19-6-9-37-10-7-19/h1-5,8,11-14,19H,6-7,9-10,15H2,(H,28,29)(H,33,34). The second kappa shape index (κ2) is 10.8. The molecule has 1 aliphatic rings. The summed E-state index contributed by atoms with van der Waals surface area (Å²) in [5.74, 6) is -0.0620. The fraction of sp³-hybridized carbons (Fsp3) is 0.240. The third-order valence-electron chi connectivity index (χ3n) is 6.14. The molecule has 13 heteroatoms. The number of nitrogens with one attached hydrogen (secondary N) is 1. The second-order valence-electron chi connectivity index (χ2n) is 8.75. The molecule has 10 nitrogen and oxygen atoms in total. The molecule has 4 aromatic rings. The van der Waals surface area contributed by atoms with Crippen LogP contribution in [-0.4, -0.2) is 60.1 Å². The highest BCUT2D eigenvalue weighted by atomic mass is 35.5. The Morgan fingerprint density at radius 1 is 1.05 bits per heavy atom. The van der Waals surface area contributed by atoms with Gasteiger partial charge in [-0.2, -0.15) is 0 Å². The van der Waals surface area contributed by atoms with E-state index in [1.807, 2.05) is 16.7 Å². The van der Waals surface area contributed by atoms with E-state index in [4.69, 9.17) is 27.9 Å². The number of aromatic nitrogens is 3. The van der Waals surface area contributed by atoms with E-state index >= 15 is 0 Å². The second-order valence-corrected chi connectivity index (χ2v) is 11.5. The number of sulfonamides is 1. The number of hydrogen-bond donors (Lipinski definition) is 2. The predicted octanol–water partition coefficient (Wildman–Crippen LogP) is 4.60. The van der Waals surface area contributed by atoms with E-state index in [1.54, 1.807) is 30.5 Å². The molecule has 2 aromatic carbocycles. The molecule has 198 valence electrons. The molecule has 2 N–H and O–H groups in total. The van der Waals surface area contributed by atoms with Gasteiger partial charge in [-0.3, -0.25) is 13.7 Å². The van der Waals surface area contributed by atoms with Crippen LogP contribution in [0, 0.1) is 0 Å². The molecule has 1 fully saturated rings. The van der Waals surface area contributed by atoms with Crippen molar-refractivity contribution in [3.63, 3.8) is 0 Å². The number of carboxylic acids is 1. The lowest BCUT2D eigenvalue weighted by molar-refractivity contribution is -0.135. The average Bonchev–Trinajstić information content (AvgIpc) is 3.31. The monoisotopic (exact) mass is 575 g/mol. The number of fused-ring (bicyclic) bond motifs is 1. The molecule has 0 bridgehead atoms. The van der Waals surface area contributed by atoms with Crippen LogP contribution < -0.4 is 9.62 Å². The minimum Gasteiger partial charge on any atom is -0.480 e. The highest BCUT2D eigenvalue weighted by molar-refractivity contribution is 7.92. The van der Waals surface area contributed by atoms with E-state index in [1.165, 1.54) is 18.2 Å². The quantitative estimate of drug-likeness (QED) is 0.312. The number of aliphatic carboxylic acids is 1. The summed E-state index contributed by atoms with van der Waals surface area (Å²) in [6, 6.07) is 14.5. The lowest BCUT2D eigenvalue weighted by Crippen LogP contribution is -2.35. The molecule has 3 heterocycles. The summed E-state index contributed by atoms with van der Waals surface area (Å²) in [7, 11) is -4.29. The number of halogens is 2. The molecule has 38 heavy (non-hydrogen) atoms. The molecule has 0 amide bonds. The van der Waals surface area contributed by atoms with Crippen molar-refractivity contribution in [1.29, 1.82) is 0 Å². The molecular weight excluding hydrogens is 553 g/mol. The van der Waals surface area contributed by atoms with Crippen LogP contribution in [0.1, 0.15) is 12.8 Å². The maximum Gasteiger partial charge on any atom is 0.324 e. The first-order chi connectivity index (χ1) is 18.2. The summed E-state index contributed by atoms with van der Waals surface area (Å²) >= 11 is 12.0. The van der Waals surface area contributed by atoms with Gasteiger partial charge in [0.05, 0.1) is 16.1 Å². The van der Waals surface area contributed by atoms with Crippen molar-refractivity contribution in [1.82, 2.24) is 14.8 Å². The number of benzene rings is 2. The Hall–Kier alpha value is -3.38. The van der Waals surface area contributed by atoms with Gasteiger partial charge in [-0.15, -0.1) is 10.2 Å². The third-order valence-corrected chi connectivity index (χ3v) is 8.32. The van der Waals surface area contributed by atoms with Gasteiger partial charge in [-0.1, -0.05) is 23.2 Å². The SMILES string of the molecule is O=C(O)CN(c1ccc2c(ccn2-c2ccc(NC3CCOCC3)nn2)c1)S(=O)(=O)c1cc(Cl)cc(Cl)c1. The minimum atomic E-state index is -4.29. The smallest absolute Gasteiger partial charge is 0.324 e. The minimum absolute atomic E-state index is 0.119. The van der Waals surface area contributed by atoms with Crippen LogP contribution in [0.2, 0.25) is 10.0 Å². The Kier molecular flexibility index (Phi) is 7.44. The molecule has 1 saturated heterocycles. The van der Waals surface area contributed by atoms with Crippen LogP contribution in [0.25, 0.3) is 16.7 Å². The van der Waals surface area contributed by atoms with Crippen LogP contribution in [0.5, 0.6) is 0 Å². The van der Waals surface area contributed by atoms with Crippen molar-refractivity contribution in [3.8, 4) is 5.82 Å². The van der Waals surface area contributed by atoms with Gasteiger partial charge in [-0.05, 0) is 67.4 Å². The number of nitrogens with zero attached hydrogens (tertiary/aromatic N) is 4. The normalized spacial score (nSPS) is 14.5. The van der Waals surface area contributed by atoms with Crippen LogP contribution in [0.3, 0.4) is 0 Å². The van der Waals surface area contributed by atoms with E-state index in [0.717, 1.165) is 35.9 Å². The Morgan fingerprint density at radius 2 is 1.79 bits per heavy atom. The van der Waals surface area contributed by atoms with Crippen LogP contribution in [0.4, 0.5) is 11.5 Å². The van der Waals surface area contributed by atoms with Crippen LogP contribution in [-0.2, 0) is 19.6 Å². The summed E-state index contributed by atoms with van der Waals surface area (Å²) < 4.78 is 34.8. The Balaban J connectivity index is 1.45. The zero-order valence-electron chi connectivity index (χ0n) is 19.9. The first-order valence-corrected chi connectivity index (χ1v) is 13.9. The topological polar surface area (TPSA) is 127 Å². The number of anilines is 2. The molecule has 0 saturated carbocycles. The highest BCUT2D eigenvalue weighted by Crippen LogP contribution is 2.31. The van der Waals surface area contributed by atoms with Crippen molar-refractivity contribution in [2.24, 2.45) is 0 Å². The van der Waals surface area contributed by atoms with Gasteiger partial charge in [0, 0.05) is 40.9 Å². The maximum atomic E-state index is 13.4. The third kappa shape index (κ3) is 5.56. The van der Waals surface area contributed by atoms with Gasteiger partial charge >= 0.3 is 5.97 Å². The zero-order chi connectivity index (χ0) is 26.9. The lowest BCUT2D eigenvalue weighted by Gasteiger charge is -2.23. The van der Waals surface area contributed by atoms with Crippen molar-refractivity contribution in [3.05, 3.63) is 70.8 Å². The Bertz CT molecular complexity index is 1570. The maximum absolute atomic E-state index is 13.4.